The first-order valence-electron chi connectivity index (χ1n) is 21.8. The van der Waals surface area contributed by atoms with Gasteiger partial charge < -0.3 is 15.3 Å². The van der Waals surface area contributed by atoms with Crippen LogP contribution >= 0.6 is 0 Å². The van der Waals surface area contributed by atoms with Crippen LogP contribution in [0.2, 0.25) is 0 Å². The largest absolute Gasteiger partial charge is 0.393 e. The van der Waals surface area contributed by atoms with Crippen LogP contribution in [0.3, 0.4) is 0 Å². The van der Waals surface area contributed by atoms with Crippen LogP contribution in [-0.2, 0) is 9.59 Å². The Bertz CT molecular complexity index is 1920. The van der Waals surface area contributed by atoms with Crippen LogP contribution in [-0.4, -0.2) is 44.3 Å². The predicted octanol–water partition coefficient (Wildman–Crippen LogP) is 8.39. The van der Waals surface area contributed by atoms with Crippen molar-refractivity contribution in [1.29, 1.82) is 0 Å². The number of hydrogen-bond acceptors (Lipinski definition) is 6. The van der Waals surface area contributed by atoms with E-state index < -0.39 is 0 Å². The molecule has 290 valence electrons. The topological polar surface area (TPSA) is 106 Å². The first-order valence-corrected chi connectivity index (χ1v) is 21.8. The van der Waals surface area contributed by atoms with E-state index in [1.54, 1.807) is 5.57 Å². The lowest BCUT2D eigenvalue weighted by Crippen LogP contribution is -2.54. The lowest BCUT2D eigenvalue weighted by atomic mass is 9.47. The van der Waals surface area contributed by atoms with Gasteiger partial charge in [-0.3, -0.25) is 4.79 Å². The molecule has 0 unspecified atom stereocenters. The quantitative estimate of drug-likeness (QED) is 0.242. The molecule has 8 aliphatic carbocycles. The average Bonchev–Trinajstić information content (AvgIpc) is 3.84. The van der Waals surface area contributed by atoms with Gasteiger partial charge in [0.25, 0.3) is 0 Å². The molecule has 6 fully saturated rings. The standard InChI is InChI=1S/C46H62N4O4/c1-43-21-17-29(47-41(52)37-15-13-33-31-12-10-28-26-30(51)18-22-44(28,2)36(31)19-23-45(33,37)3)25-27(43)9-11-32-34-14-16-38(46(34,4)24-20-35(32)43)42(53)54-50-40-8-6-5-7-39(40)48-49-50/h5-10,29-38,51H,11-26H2,1-4H3,(H,47,52)/t29-,30-,31-,32-,33-,34-,35-,36-,37+,38+,43-,44-,45-,46-/m0/s1. The molecule has 10 rings (SSSR count). The molecule has 8 aliphatic rings. The van der Waals surface area contributed by atoms with Crippen LogP contribution < -0.4 is 10.2 Å². The molecular weight excluding hydrogens is 673 g/mol. The monoisotopic (exact) mass is 734 g/mol. The number of rotatable bonds is 4. The highest BCUT2D eigenvalue weighted by molar-refractivity contribution is 5.80. The number of amides is 1. The zero-order chi connectivity index (χ0) is 37.2. The number of nitrogens with zero attached hydrogens (tertiary/aromatic N) is 3. The number of para-hydroxylation sites is 1. The molecule has 1 amide bonds. The fourth-order valence-corrected chi connectivity index (χ4v) is 15.6. The Morgan fingerprint density at radius 3 is 2.06 bits per heavy atom. The third-order valence-electron chi connectivity index (χ3n) is 18.6. The van der Waals surface area contributed by atoms with Crippen LogP contribution in [0.25, 0.3) is 11.0 Å². The molecule has 2 aromatic rings. The summed E-state index contributed by atoms with van der Waals surface area (Å²) in [6.07, 6.45) is 22.0. The van der Waals surface area contributed by atoms with Crippen LogP contribution in [0.5, 0.6) is 0 Å². The molecule has 0 spiro atoms. The third kappa shape index (κ3) is 5.09. The number of nitrogens with one attached hydrogen (secondary N) is 1. The summed E-state index contributed by atoms with van der Waals surface area (Å²) in [6, 6.07) is 7.84. The fraction of sp³-hybridized carbons (Fsp3) is 0.739. The van der Waals surface area contributed by atoms with E-state index in [1.807, 2.05) is 24.3 Å². The summed E-state index contributed by atoms with van der Waals surface area (Å²) in [7, 11) is 0. The minimum absolute atomic E-state index is 0.0667. The smallest absolute Gasteiger partial charge is 0.338 e. The van der Waals surface area contributed by atoms with E-state index in [-0.39, 0.29) is 51.6 Å². The molecule has 54 heavy (non-hydrogen) atoms. The zero-order valence-corrected chi connectivity index (χ0v) is 33.1. The molecule has 0 bridgehead atoms. The highest BCUT2D eigenvalue weighted by Gasteiger charge is 2.62. The van der Waals surface area contributed by atoms with Crippen molar-refractivity contribution in [2.24, 2.45) is 69.0 Å². The summed E-state index contributed by atoms with van der Waals surface area (Å²) in [6.45, 7) is 9.87. The number of benzene rings is 1. The second-order valence-corrected chi connectivity index (χ2v) is 20.6. The number of fused-ring (bicyclic) bond motifs is 11. The van der Waals surface area contributed by atoms with Gasteiger partial charge in [-0.15, -0.1) is 5.10 Å². The molecule has 0 aliphatic heterocycles. The van der Waals surface area contributed by atoms with E-state index in [0.29, 0.717) is 41.4 Å². The maximum absolute atomic E-state index is 14.3. The highest BCUT2D eigenvalue weighted by atomic mass is 16.7. The molecule has 0 saturated heterocycles. The van der Waals surface area contributed by atoms with Gasteiger partial charge in [-0.05, 0) is 177 Å². The Balaban J connectivity index is 0.796. The number of aromatic nitrogens is 3. The van der Waals surface area contributed by atoms with E-state index >= 15 is 0 Å². The first kappa shape index (κ1) is 35.4. The molecule has 1 aromatic carbocycles. The molecule has 1 aromatic heterocycles. The Morgan fingerprint density at radius 1 is 0.741 bits per heavy atom. The van der Waals surface area contributed by atoms with Gasteiger partial charge in [0.05, 0.1) is 12.0 Å². The Kier molecular flexibility index (Phi) is 8.20. The minimum atomic E-state index is -0.164. The minimum Gasteiger partial charge on any atom is -0.393 e. The highest BCUT2D eigenvalue weighted by Crippen LogP contribution is 2.68. The first-order chi connectivity index (χ1) is 25.9. The van der Waals surface area contributed by atoms with Crippen molar-refractivity contribution < 1.29 is 19.5 Å². The summed E-state index contributed by atoms with van der Waals surface area (Å²) in [4.78, 5) is 35.3. The molecule has 1 heterocycles. The summed E-state index contributed by atoms with van der Waals surface area (Å²) < 4.78 is 0. The van der Waals surface area contributed by atoms with Crippen molar-refractivity contribution in [2.45, 2.75) is 143 Å². The lowest BCUT2D eigenvalue weighted by molar-refractivity contribution is -0.157. The van der Waals surface area contributed by atoms with Gasteiger partial charge in [0.15, 0.2) is 0 Å². The molecule has 8 nitrogen and oxygen atoms in total. The third-order valence-corrected chi connectivity index (χ3v) is 18.6. The van der Waals surface area contributed by atoms with Gasteiger partial charge in [-0.2, -0.15) is 0 Å². The SMILES string of the molecule is C[C@]12CC[C@H]3[C@@H](CC=C4C[C@@H](O)CC[C@@]43C)[C@@H]1CC[C@@H]2C(=O)N[C@H]1CC[C@@]2(C)C(=CC[C@H]3[C@@H]4CC[C@H](C(=O)On5nnc6ccccc65)[C@@]4(C)CC[C@@H]32)C1. The predicted molar refractivity (Wildman–Crippen MR) is 207 cm³/mol. The van der Waals surface area contributed by atoms with Gasteiger partial charge in [-0.25, -0.2) is 4.79 Å². The normalized spacial score (nSPS) is 46.5. The van der Waals surface area contributed by atoms with Crippen molar-refractivity contribution in [2.75, 3.05) is 0 Å². The number of aliphatic hydroxyl groups is 1. The second kappa shape index (κ2) is 12.5. The summed E-state index contributed by atoms with van der Waals surface area (Å²) in [5.41, 5.74) is 4.99. The average molecular weight is 735 g/mol. The second-order valence-electron chi connectivity index (χ2n) is 20.6. The fourth-order valence-electron chi connectivity index (χ4n) is 15.6. The van der Waals surface area contributed by atoms with Crippen molar-refractivity contribution in [3.8, 4) is 0 Å². The van der Waals surface area contributed by atoms with Crippen molar-refractivity contribution in [1.82, 2.24) is 20.5 Å². The van der Waals surface area contributed by atoms with Crippen LogP contribution in [0.4, 0.5) is 0 Å². The molecule has 8 heteroatoms. The Morgan fingerprint density at radius 2 is 1.35 bits per heavy atom. The number of carbonyl (C=O) groups excluding carboxylic acids is 2. The molecule has 6 saturated carbocycles. The summed E-state index contributed by atoms with van der Waals surface area (Å²) in [5.74, 6) is 3.89. The maximum atomic E-state index is 14.3. The number of carbonyl (C=O) groups is 2. The number of allylic oxidation sites excluding steroid dienone is 2. The van der Waals surface area contributed by atoms with E-state index in [0.717, 1.165) is 101 Å². The van der Waals surface area contributed by atoms with Gasteiger partial charge >= 0.3 is 5.97 Å². The van der Waals surface area contributed by atoms with Gasteiger partial charge in [-0.1, -0.05) is 68.0 Å². The molecule has 2 N–H and O–H groups in total. The molecule has 14 atom stereocenters. The van der Waals surface area contributed by atoms with Gasteiger partial charge in [0, 0.05) is 12.0 Å². The Labute approximate surface area is 321 Å². The van der Waals surface area contributed by atoms with Gasteiger partial charge in [0.1, 0.15) is 11.0 Å². The van der Waals surface area contributed by atoms with Crippen LogP contribution in [0.1, 0.15) is 130 Å². The summed E-state index contributed by atoms with van der Waals surface area (Å²) >= 11 is 0. The van der Waals surface area contributed by atoms with Crippen LogP contribution in [0.15, 0.2) is 47.6 Å². The zero-order valence-electron chi connectivity index (χ0n) is 33.1. The number of hydrogen-bond donors (Lipinski definition) is 2. The van der Waals surface area contributed by atoms with Crippen LogP contribution in [0, 0.1) is 69.0 Å². The molecular formula is C46H62N4O4. The van der Waals surface area contributed by atoms with Gasteiger partial charge in [0.2, 0.25) is 5.91 Å². The van der Waals surface area contributed by atoms with E-state index in [1.165, 1.54) is 23.3 Å². The van der Waals surface area contributed by atoms with Crippen molar-refractivity contribution in [3.63, 3.8) is 0 Å². The van der Waals surface area contributed by atoms with E-state index in [4.69, 9.17) is 4.84 Å². The Hall–Kier alpha value is -3.00. The summed E-state index contributed by atoms with van der Waals surface area (Å²) in [5, 5.41) is 22.4. The lowest BCUT2D eigenvalue weighted by Gasteiger charge is -2.58. The van der Waals surface area contributed by atoms with Crippen molar-refractivity contribution >= 4 is 22.9 Å². The maximum Gasteiger partial charge on any atom is 0.338 e. The van der Waals surface area contributed by atoms with E-state index in [2.05, 4.69) is 55.5 Å². The molecule has 0 radical (unpaired) electrons. The number of aliphatic hydroxyl groups excluding tert-OH is 1. The van der Waals surface area contributed by atoms with Crippen molar-refractivity contribution in [3.05, 3.63) is 47.6 Å². The van der Waals surface area contributed by atoms with E-state index in [9.17, 15) is 14.7 Å².